The van der Waals surface area contributed by atoms with Gasteiger partial charge >= 0.3 is 0 Å². The normalized spacial score (nSPS) is 55.6. The monoisotopic (exact) mass is 180 g/mol. The molecule has 2 saturated carbocycles. The van der Waals surface area contributed by atoms with Crippen LogP contribution >= 0.6 is 0 Å². The summed E-state index contributed by atoms with van der Waals surface area (Å²) in [4.78, 5) is 11.6. The maximum atomic E-state index is 11.6. The minimum absolute atomic E-state index is 0.197. The van der Waals surface area contributed by atoms with Crippen molar-refractivity contribution < 1.29 is 4.79 Å². The summed E-state index contributed by atoms with van der Waals surface area (Å²) in [6.45, 7) is 4.53. The summed E-state index contributed by atoms with van der Waals surface area (Å²) in [6, 6.07) is 0.467. The first-order chi connectivity index (χ1) is 6.03. The van der Waals surface area contributed by atoms with E-state index < -0.39 is 0 Å². The molecule has 2 aliphatic carbocycles. The first kappa shape index (κ1) is 7.80. The van der Waals surface area contributed by atoms with Crippen molar-refractivity contribution in [3.63, 3.8) is 0 Å². The molecule has 1 aliphatic heterocycles. The predicted octanol–water partition coefficient (Wildman–Crippen LogP) is 0.104. The minimum atomic E-state index is 0.197. The van der Waals surface area contributed by atoms with Crippen LogP contribution < -0.4 is 11.1 Å². The lowest BCUT2D eigenvalue weighted by molar-refractivity contribution is -0.122. The van der Waals surface area contributed by atoms with E-state index in [1.54, 1.807) is 0 Å². The Kier molecular flexibility index (Phi) is 1.15. The summed E-state index contributed by atoms with van der Waals surface area (Å²) in [5.74, 6) is 1.56. The van der Waals surface area contributed by atoms with Crippen LogP contribution in [0.2, 0.25) is 0 Å². The second-order valence-electron chi connectivity index (χ2n) is 5.41. The van der Waals surface area contributed by atoms with Gasteiger partial charge in [0, 0.05) is 18.0 Å². The van der Waals surface area contributed by atoms with Gasteiger partial charge in [0.05, 0.1) is 0 Å². The predicted molar refractivity (Wildman–Crippen MR) is 48.8 cm³/mol. The van der Waals surface area contributed by atoms with Gasteiger partial charge in [0.1, 0.15) is 0 Å². The molecule has 0 aromatic rings. The summed E-state index contributed by atoms with van der Waals surface area (Å²) >= 11 is 0. The van der Waals surface area contributed by atoms with Crippen molar-refractivity contribution in [2.45, 2.75) is 32.4 Å². The molecular weight excluding hydrogens is 164 g/mol. The third-order valence-electron chi connectivity index (χ3n) is 4.67. The van der Waals surface area contributed by atoms with Gasteiger partial charge in [0.25, 0.3) is 0 Å². The molecule has 0 spiro atoms. The number of hydrogen-bond donors (Lipinski definition) is 2. The fraction of sp³-hybridized carbons (Fsp3) is 0.900. The number of amides is 1. The number of carbonyl (C=O) groups excluding carboxylic acids is 1. The highest BCUT2D eigenvalue weighted by atomic mass is 16.2. The van der Waals surface area contributed by atoms with E-state index in [1.165, 1.54) is 0 Å². The Bertz CT molecular complexity index is 287. The van der Waals surface area contributed by atoms with Gasteiger partial charge in [0.2, 0.25) is 5.91 Å². The zero-order chi connectivity index (χ0) is 9.38. The Hall–Kier alpha value is -0.570. The molecule has 3 rings (SSSR count). The van der Waals surface area contributed by atoms with Crippen LogP contribution in [-0.2, 0) is 4.79 Å². The molecule has 2 bridgehead atoms. The number of hydrogen-bond acceptors (Lipinski definition) is 2. The lowest BCUT2D eigenvalue weighted by Crippen LogP contribution is -2.44. The quantitative estimate of drug-likeness (QED) is 0.555. The second-order valence-corrected chi connectivity index (χ2v) is 5.41. The largest absolute Gasteiger partial charge is 0.351 e. The number of carbonyl (C=O) groups is 1. The molecule has 0 unspecified atom stereocenters. The molecule has 3 aliphatic rings. The Balaban J connectivity index is 2.10. The van der Waals surface area contributed by atoms with Gasteiger partial charge in [-0.15, -0.1) is 0 Å². The molecule has 5 atom stereocenters. The Morgan fingerprint density at radius 3 is 2.77 bits per heavy atom. The van der Waals surface area contributed by atoms with Gasteiger partial charge in [-0.1, -0.05) is 13.8 Å². The maximum absolute atomic E-state index is 11.6. The molecule has 13 heavy (non-hydrogen) atoms. The Morgan fingerprint density at radius 1 is 1.54 bits per heavy atom. The van der Waals surface area contributed by atoms with E-state index in [-0.39, 0.29) is 29.3 Å². The van der Waals surface area contributed by atoms with Gasteiger partial charge in [0.15, 0.2) is 0 Å². The van der Waals surface area contributed by atoms with Crippen LogP contribution in [0.5, 0.6) is 0 Å². The fourth-order valence-corrected chi connectivity index (χ4v) is 4.07. The summed E-state index contributed by atoms with van der Waals surface area (Å²) in [6.07, 6.45) is 1.02. The van der Waals surface area contributed by atoms with Crippen molar-refractivity contribution in [3.8, 4) is 0 Å². The Labute approximate surface area is 78.1 Å². The van der Waals surface area contributed by atoms with Crippen molar-refractivity contribution in [2.24, 2.45) is 28.9 Å². The average Bonchev–Trinajstić information content (AvgIpc) is 2.51. The lowest BCUT2D eigenvalue weighted by atomic mass is 9.80. The topological polar surface area (TPSA) is 55.1 Å². The van der Waals surface area contributed by atoms with E-state index in [9.17, 15) is 4.79 Å². The first-order valence-corrected chi connectivity index (χ1v) is 5.09. The molecule has 1 heterocycles. The van der Waals surface area contributed by atoms with Gasteiger partial charge in [-0.05, 0) is 23.7 Å². The highest BCUT2D eigenvalue weighted by Crippen LogP contribution is 2.61. The molecule has 3 heteroatoms. The fourth-order valence-electron chi connectivity index (χ4n) is 4.07. The van der Waals surface area contributed by atoms with Crippen LogP contribution in [0.3, 0.4) is 0 Å². The summed E-state index contributed by atoms with van der Waals surface area (Å²) < 4.78 is 0. The minimum Gasteiger partial charge on any atom is -0.351 e. The highest BCUT2D eigenvalue weighted by molar-refractivity contribution is 5.83. The maximum Gasteiger partial charge on any atom is 0.223 e. The molecule has 1 amide bonds. The smallest absolute Gasteiger partial charge is 0.223 e. The van der Waals surface area contributed by atoms with Crippen molar-refractivity contribution in [2.75, 3.05) is 0 Å². The molecule has 72 valence electrons. The van der Waals surface area contributed by atoms with Gasteiger partial charge in [-0.3, -0.25) is 4.79 Å². The molecule has 3 N–H and O–H groups in total. The average molecular weight is 180 g/mol. The van der Waals surface area contributed by atoms with E-state index in [4.69, 9.17) is 5.73 Å². The van der Waals surface area contributed by atoms with Crippen LogP contribution in [-0.4, -0.2) is 18.0 Å². The standard InChI is InChI=1S/C10H16N2O/c1-10(2)5-3-4-6(10)8(7(5)11)12-9(4)13/h4-8H,3,11H2,1-2H3,(H,12,13)/t4-,5-,6-,7-,8-/m0/s1. The molecular formula is C10H16N2O. The zero-order valence-corrected chi connectivity index (χ0v) is 8.08. The van der Waals surface area contributed by atoms with Crippen LogP contribution in [0.15, 0.2) is 0 Å². The summed E-state index contributed by atoms with van der Waals surface area (Å²) in [5, 5.41) is 3.05. The van der Waals surface area contributed by atoms with Gasteiger partial charge in [-0.25, -0.2) is 0 Å². The lowest BCUT2D eigenvalue weighted by Gasteiger charge is -2.24. The molecule has 0 aromatic heterocycles. The number of rotatable bonds is 0. The Morgan fingerprint density at radius 2 is 2.23 bits per heavy atom. The SMILES string of the molecule is CC1(C)[C@@H]2[C@@H]3NC(=O)[C@H]2C[C@H]1[C@@H]3N. The van der Waals surface area contributed by atoms with Crippen molar-refractivity contribution >= 4 is 5.91 Å². The van der Waals surface area contributed by atoms with Crippen molar-refractivity contribution in [1.82, 2.24) is 5.32 Å². The van der Waals surface area contributed by atoms with Gasteiger partial charge < -0.3 is 11.1 Å². The van der Waals surface area contributed by atoms with Crippen molar-refractivity contribution in [3.05, 3.63) is 0 Å². The first-order valence-electron chi connectivity index (χ1n) is 5.09. The van der Waals surface area contributed by atoms with Crippen LogP contribution in [0.1, 0.15) is 20.3 Å². The third-order valence-corrected chi connectivity index (χ3v) is 4.67. The third kappa shape index (κ3) is 0.654. The van der Waals surface area contributed by atoms with E-state index in [2.05, 4.69) is 19.2 Å². The summed E-state index contributed by atoms with van der Waals surface area (Å²) in [5.41, 5.74) is 6.40. The molecule has 3 nitrogen and oxygen atoms in total. The van der Waals surface area contributed by atoms with E-state index in [0.717, 1.165) is 6.42 Å². The zero-order valence-electron chi connectivity index (χ0n) is 8.08. The molecule has 0 aromatic carbocycles. The second kappa shape index (κ2) is 1.92. The van der Waals surface area contributed by atoms with E-state index in [0.29, 0.717) is 11.8 Å². The molecule has 1 saturated heterocycles. The van der Waals surface area contributed by atoms with E-state index >= 15 is 0 Å². The van der Waals surface area contributed by atoms with Gasteiger partial charge in [-0.2, -0.15) is 0 Å². The number of nitrogens with two attached hydrogens (primary N) is 1. The van der Waals surface area contributed by atoms with Crippen molar-refractivity contribution in [1.29, 1.82) is 0 Å². The van der Waals surface area contributed by atoms with E-state index in [1.807, 2.05) is 0 Å². The van der Waals surface area contributed by atoms with Crippen LogP contribution in [0.25, 0.3) is 0 Å². The van der Waals surface area contributed by atoms with Crippen LogP contribution in [0.4, 0.5) is 0 Å². The highest BCUT2D eigenvalue weighted by Gasteiger charge is 2.67. The van der Waals surface area contributed by atoms with Crippen LogP contribution in [0, 0.1) is 23.2 Å². The summed E-state index contributed by atoms with van der Waals surface area (Å²) in [7, 11) is 0. The number of fused-ring (bicyclic) bond motifs is 1. The number of nitrogens with one attached hydrogen (secondary N) is 1. The molecule has 3 fully saturated rings. The molecule has 0 radical (unpaired) electrons.